The summed E-state index contributed by atoms with van der Waals surface area (Å²) in [6.45, 7) is 9.01. The second kappa shape index (κ2) is 9.92. The maximum Gasteiger partial charge on any atom is 0.254 e. The first-order chi connectivity index (χ1) is 13.4. The summed E-state index contributed by atoms with van der Waals surface area (Å²) >= 11 is 0. The number of rotatable bonds is 9. The number of H-pyrrole nitrogens is 1. The van der Waals surface area contributed by atoms with E-state index in [-0.39, 0.29) is 17.9 Å². The molecular weight excluding hydrogens is 358 g/mol. The number of aryl methyl sites for hydroxylation is 2. The van der Waals surface area contributed by atoms with Crippen LogP contribution in [0.5, 0.6) is 11.5 Å². The number of nitrogens with one attached hydrogen (secondary N) is 1. The minimum Gasteiger partial charge on any atom is -0.493 e. The summed E-state index contributed by atoms with van der Waals surface area (Å²) in [6.07, 6.45) is 0.632. The van der Waals surface area contributed by atoms with Gasteiger partial charge in [-0.15, -0.1) is 0 Å². The van der Waals surface area contributed by atoms with Crippen molar-refractivity contribution in [2.24, 2.45) is 0 Å². The first-order valence-corrected chi connectivity index (χ1v) is 9.53. The van der Waals surface area contributed by atoms with Gasteiger partial charge in [-0.2, -0.15) is 0 Å². The summed E-state index contributed by atoms with van der Waals surface area (Å²) in [4.78, 5) is 33.6. The van der Waals surface area contributed by atoms with Crippen molar-refractivity contribution in [1.29, 1.82) is 0 Å². The standard InChI is InChI=1S/C21H29N3O4/c1-6-24(13-16-8-10-18(28-7-2)19(12-16)27-5)20(25)11-9-17-14(3)22-15(4)23-21(17)26/h8,10,12H,6-7,9,11,13H2,1-5H3,(H,22,23,26). The van der Waals surface area contributed by atoms with E-state index in [1.807, 2.05) is 32.0 Å². The minimum atomic E-state index is -0.169. The van der Waals surface area contributed by atoms with Gasteiger partial charge in [0.1, 0.15) is 5.82 Å². The molecule has 7 heteroatoms. The monoisotopic (exact) mass is 387 g/mol. The van der Waals surface area contributed by atoms with Gasteiger partial charge < -0.3 is 19.4 Å². The summed E-state index contributed by atoms with van der Waals surface area (Å²) in [5.41, 5.74) is 2.03. The molecule has 1 heterocycles. The van der Waals surface area contributed by atoms with E-state index in [0.29, 0.717) is 54.7 Å². The van der Waals surface area contributed by atoms with Crippen molar-refractivity contribution in [2.75, 3.05) is 20.3 Å². The fourth-order valence-corrected chi connectivity index (χ4v) is 3.12. The third kappa shape index (κ3) is 5.34. The number of ether oxygens (including phenoxy) is 2. The van der Waals surface area contributed by atoms with Crippen LogP contribution >= 0.6 is 0 Å². The highest BCUT2D eigenvalue weighted by Crippen LogP contribution is 2.28. The lowest BCUT2D eigenvalue weighted by atomic mass is 10.1. The zero-order valence-corrected chi connectivity index (χ0v) is 17.3. The van der Waals surface area contributed by atoms with Crippen LogP contribution in [0.4, 0.5) is 0 Å². The average molecular weight is 387 g/mol. The van der Waals surface area contributed by atoms with Crippen molar-refractivity contribution < 1.29 is 14.3 Å². The third-order valence-corrected chi connectivity index (χ3v) is 4.57. The quantitative estimate of drug-likeness (QED) is 0.715. The number of nitrogens with zero attached hydrogens (tertiary/aromatic N) is 2. The SMILES string of the molecule is CCOc1ccc(CN(CC)C(=O)CCc2c(C)nc(C)[nH]c2=O)cc1OC. The van der Waals surface area contributed by atoms with E-state index < -0.39 is 0 Å². The number of aromatic amines is 1. The summed E-state index contributed by atoms with van der Waals surface area (Å²) in [7, 11) is 1.60. The second-order valence-electron chi connectivity index (χ2n) is 6.54. The number of hydrogen-bond acceptors (Lipinski definition) is 5. The number of amides is 1. The summed E-state index contributed by atoms with van der Waals surface area (Å²) < 4.78 is 10.9. The van der Waals surface area contributed by atoms with E-state index in [2.05, 4.69) is 9.97 Å². The number of hydrogen-bond donors (Lipinski definition) is 1. The molecule has 0 unspecified atom stereocenters. The molecule has 2 rings (SSSR count). The topological polar surface area (TPSA) is 84.5 Å². The number of carbonyl (C=O) groups is 1. The molecule has 0 aliphatic heterocycles. The molecule has 0 saturated heterocycles. The van der Waals surface area contributed by atoms with E-state index in [4.69, 9.17) is 9.47 Å². The third-order valence-electron chi connectivity index (χ3n) is 4.57. The Hall–Kier alpha value is -2.83. The molecule has 2 aromatic rings. The van der Waals surface area contributed by atoms with Crippen LogP contribution in [0, 0.1) is 13.8 Å². The Morgan fingerprint density at radius 3 is 2.57 bits per heavy atom. The highest BCUT2D eigenvalue weighted by atomic mass is 16.5. The summed E-state index contributed by atoms with van der Waals surface area (Å²) in [5, 5.41) is 0. The van der Waals surface area contributed by atoms with Crippen LogP contribution in [0.15, 0.2) is 23.0 Å². The predicted octanol–water partition coefficient (Wildman–Crippen LogP) is 2.78. The molecule has 0 fully saturated rings. The molecule has 1 aromatic carbocycles. The molecule has 0 bridgehead atoms. The Morgan fingerprint density at radius 2 is 1.96 bits per heavy atom. The molecule has 152 valence electrons. The van der Waals surface area contributed by atoms with Gasteiger partial charge in [-0.3, -0.25) is 9.59 Å². The van der Waals surface area contributed by atoms with E-state index in [0.717, 1.165) is 5.56 Å². The van der Waals surface area contributed by atoms with Crippen molar-refractivity contribution in [1.82, 2.24) is 14.9 Å². The zero-order valence-electron chi connectivity index (χ0n) is 17.3. The van der Waals surface area contributed by atoms with Gasteiger partial charge in [0.25, 0.3) is 5.56 Å². The highest BCUT2D eigenvalue weighted by Gasteiger charge is 2.16. The van der Waals surface area contributed by atoms with Crippen molar-refractivity contribution in [3.8, 4) is 11.5 Å². The Balaban J connectivity index is 2.07. The van der Waals surface area contributed by atoms with E-state index in [9.17, 15) is 9.59 Å². The van der Waals surface area contributed by atoms with Crippen molar-refractivity contribution in [3.05, 3.63) is 51.2 Å². The molecule has 0 saturated carbocycles. The fraction of sp³-hybridized carbons (Fsp3) is 0.476. The van der Waals surface area contributed by atoms with Gasteiger partial charge in [-0.25, -0.2) is 4.98 Å². The molecule has 1 aromatic heterocycles. The van der Waals surface area contributed by atoms with Crippen molar-refractivity contribution in [2.45, 2.75) is 47.1 Å². The first kappa shape index (κ1) is 21.5. The fourth-order valence-electron chi connectivity index (χ4n) is 3.12. The Kier molecular flexibility index (Phi) is 7.61. The number of benzene rings is 1. The molecule has 1 amide bonds. The van der Waals surface area contributed by atoms with Gasteiger partial charge in [0, 0.05) is 30.8 Å². The minimum absolute atomic E-state index is 0.00488. The van der Waals surface area contributed by atoms with Crippen LogP contribution in [0.2, 0.25) is 0 Å². The van der Waals surface area contributed by atoms with Gasteiger partial charge in [-0.1, -0.05) is 6.07 Å². The van der Waals surface area contributed by atoms with Crippen LogP contribution in [0.3, 0.4) is 0 Å². The second-order valence-corrected chi connectivity index (χ2v) is 6.54. The number of carbonyl (C=O) groups excluding carboxylic acids is 1. The molecule has 0 spiro atoms. The van der Waals surface area contributed by atoms with E-state index in [1.54, 1.807) is 25.9 Å². The lowest BCUT2D eigenvalue weighted by molar-refractivity contribution is -0.131. The maximum absolute atomic E-state index is 12.7. The molecule has 0 aliphatic carbocycles. The smallest absolute Gasteiger partial charge is 0.254 e. The van der Waals surface area contributed by atoms with Gasteiger partial charge in [0.05, 0.1) is 13.7 Å². The summed E-state index contributed by atoms with van der Waals surface area (Å²) in [6, 6.07) is 5.68. The predicted molar refractivity (Wildman–Crippen MR) is 108 cm³/mol. The van der Waals surface area contributed by atoms with Crippen LogP contribution in [0.25, 0.3) is 0 Å². The van der Waals surface area contributed by atoms with E-state index >= 15 is 0 Å². The molecular formula is C21H29N3O4. The zero-order chi connectivity index (χ0) is 20.7. The molecule has 0 aliphatic rings. The maximum atomic E-state index is 12.7. The first-order valence-electron chi connectivity index (χ1n) is 9.53. The van der Waals surface area contributed by atoms with Crippen molar-refractivity contribution in [3.63, 3.8) is 0 Å². The van der Waals surface area contributed by atoms with Gasteiger partial charge in [0.15, 0.2) is 11.5 Å². The van der Waals surface area contributed by atoms with E-state index in [1.165, 1.54) is 0 Å². The van der Waals surface area contributed by atoms with Gasteiger partial charge >= 0.3 is 0 Å². The Bertz CT molecular complexity index is 876. The average Bonchev–Trinajstić information content (AvgIpc) is 2.66. The van der Waals surface area contributed by atoms with Crippen LogP contribution in [-0.2, 0) is 17.8 Å². The molecule has 1 N–H and O–H groups in total. The Labute approximate surface area is 165 Å². The highest BCUT2D eigenvalue weighted by molar-refractivity contribution is 5.76. The van der Waals surface area contributed by atoms with Crippen LogP contribution in [0.1, 0.15) is 42.9 Å². The largest absolute Gasteiger partial charge is 0.493 e. The summed E-state index contributed by atoms with van der Waals surface area (Å²) in [5.74, 6) is 1.91. The lowest BCUT2D eigenvalue weighted by Crippen LogP contribution is -2.31. The number of methoxy groups -OCH3 is 1. The lowest BCUT2D eigenvalue weighted by Gasteiger charge is -2.22. The number of aromatic nitrogens is 2. The van der Waals surface area contributed by atoms with Crippen LogP contribution in [-0.4, -0.2) is 41.0 Å². The van der Waals surface area contributed by atoms with Crippen LogP contribution < -0.4 is 15.0 Å². The molecule has 0 atom stereocenters. The van der Waals surface area contributed by atoms with Gasteiger partial charge in [0.2, 0.25) is 5.91 Å². The molecule has 28 heavy (non-hydrogen) atoms. The molecule has 7 nitrogen and oxygen atoms in total. The van der Waals surface area contributed by atoms with Gasteiger partial charge in [-0.05, 0) is 51.8 Å². The van der Waals surface area contributed by atoms with Crippen molar-refractivity contribution >= 4 is 5.91 Å². The molecule has 0 radical (unpaired) electrons. The normalized spacial score (nSPS) is 10.6. The Morgan fingerprint density at radius 1 is 1.21 bits per heavy atom.